The lowest BCUT2D eigenvalue weighted by Crippen LogP contribution is -2.48. The number of nitrogens with zero attached hydrogens (tertiary/aromatic N) is 3. The fraction of sp³-hybridized carbons (Fsp3) is 0.714. The van der Waals surface area contributed by atoms with E-state index in [9.17, 15) is 4.79 Å². The largest absolute Gasteiger partial charge is 0.327 e. The fourth-order valence-corrected chi connectivity index (χ4v) is 2.60. The molecule has 2 heterocycles. The molecule has 6 heteroatoms. The van der Waals surface area contributed by atoms with Gasteiger partial charge in [-0.25, -0.2) is 4.68 Å². The molecule has 0 aliphatic carbocycles. The van der Waals surface area contributed by atoms with Gasteiger partial charge in [-0.1, -0.05) is 6.92 Å². The Bertz CT molecular complexity index is 456. The second kappa shape index (κ2) is 6.37. The number of likely N-dealkylation sites (tertiary alicyclic amines) is 1. The summed E-state index contributed by atoms with van der Waals surface area (Å²) in [6.45, 7) is 8.41. The Morgan fingerprint density at radius 3 is 3.00 bits per heavy atom. The fourth-order valence-electron chi connectivity index (χ4n) is 2.60. The number of amides is 1. The first-order chi connectivity index (χ1) is 9.47. The number of piperidine rings is 1. The molecule has 0 aromatic carbocycles. The van der Waals surface area contributed by atoms with Gasteiger partial charge < -0.3 is 11.1 Å². The Hall–Kier alpha value is -1.40. The van der Waals surface area contributed by atoms with E-state index >= 15 is 0 Å². The van der Waals surface area contributed by atoms with E-state index in [1.807, 2.05) is 24.6 Å². The number of anilines is 1. The van der Waals surface area contributed by atoms with E-state index in [0.29, 0.717) is 12.5 Å². The molecule has 1 aliphatic heterocycles. The molecule has 0 saturated carbocycles. The second-order valence-corrected chi connectivity index (χ2v) is 5.97. The zero-order chi connectivity index (χ0) is 14.7. The third-order valence-corrected chi connectivity index (χ3v) is 3.85. The van der Waals surface area contributed by atoms with Gasteiger partial charge >= 0.3 is 0 Å². The third-order valence-electron chi connectivity index (χ3n) is 3.85. The van der Waals surface area contributed by atoms with E-state index in [1.54, 1.807) is 6.20 Å². The van der Waals surface area contributed by atoms with Crippen LogP contribution in [0.5, 0.6) is 0 Å². The van der Waals surface area contributed by atoms with Crippen LogP contribution in [-0.2, 0) is 4.79 Å². The van der Waals surface area contributed by atoms with Gasteiger partial charge in [0.1, 0.15) is 5.82 Å². The van der Waals surface area contributed by atoms with Crippen molar-refractivity contribution in [3.8, 4) is 0 Å². The molecule has 0 spiro atoms. The van der Waals surface area contributed by atoms with Crippen molar-refractivity contribution in [1.82, 2.24) is 14.7 Å². The Morgan fingerprint density at radius 1 is 1.60 bits per heavy atom. The highest BCUT2D eigenvalue weighted by molar-refractivity contribution is 5.91. The first-order valence-corrected chi connectivity index (χ1v) is 7.28. The maximum atomic E-state index is 12.1. The molecule has 3 N–H and O–H groups in total. The maximum Gasteiger partial charge on any atom is 0.239 e. The number of aromatic nitrogens is 2. The van der Waals surface area contributed by atoms with Gasteiger partial charge in [0.05, 0.1) is 12.7 Å². The molecular weight excluding hydrogens is 254 g/mol. The van der Waals surface area contributed by atoms with Crippen LogP contribution in [0.15, 0.2) is 12.3 Å². The van der Waals surface area contributed by atoms with Crippen molar-refractivity contribution >= 4 is 11.7 Å². The molecule has 1 aromatic rings. The molecule has 20 heavy (non-hydrogen) atoms. The zero-order valence-corrected chi connectivity index (χ0v) is 12.5. The minimum Gasteiger partial charge on any atom is -0.327 e. The number of rotatable bonds is 4. The summed E-state index contributed by atoms with van der Waals surface area (Å²) in [6, 6.07) is 2.32. The van der Waals surface area contributed by atoms with E-state index in [4.69, 9.17) is 5.73 Å². The van der Waals surface area contributed by atoms with Crippen LogP contribution in [-0.4, -0.2) is 46.3 Å². The van der Waals surface area contributed by atoms with Crippen molar-refractivity contribution < 1.29 is 4.79 Å². The number of carbonyl (C=O) groups is 1. The van der Waals surface area contributed by atoms with Crippen molar-refractivity contribution in [3.63, 3.8) is 0 Å². The summed E-state index contributed by atoms with van der Waals surface area (Å²) in [4.78, 5) is 14.3. The summed E-state index contributed by atoms with van der Waals surface area (Å²) in [6.07, 6.45) is 2.66. The van der Waals surface area contributed by atoms with Gasteiger partial charge in [0.2, 0.25) is 5.91 Å². The first-order valence-electron chi connectivity index (χ1n) is 7.28. The van der Waals surface area contributed by atoms with Crippen molar-refractivity contribution in [2.75, 3.05) is 25.0 Å². The van der Waals surface area contributed by atoms with Gasteiger partial charge in [-0.15, -0.1) is 0 Å². The van der Waals surface area contributed by atoms with E-state index in [0.717, 1.165) is 25.3 Å². The molecule has 1 amide bonds. The molecular formula is C14H25N5O. The van der Waals surface area contributed by atoms with E-state index in [-0.39, 0.29) is 18.0 Å². The van der Waals surface area contributed by atoms with Crippen molar-refractivity contribution in [3.05, 3.63) is 12.3 Å². The van der Waals surface area contributed by atoms with Crippen molar-refractivity contribution in [1.29, 1.82) is 0 Å². The molecule has 0 bridgehead atoms. The number of carbonyl (C=O) groups excluding carboxylic acids is 1. The first kappa shape index (κ1) is 15.0. The molecule has 0 radical (unpaired) electrons. The van der Waals surface area contributed by atoms with Crippen LogP contribution >= 0.6 is 0 Å². The Balaban J connectivity index is 1.88. The lowest BCUT2D eigenvalue weighted by Gasteiger charge is -2.34. The maximum absolute atomic E-state index is 12.1. The molecule has 2 atom stereocenters. The smallest absolute Gasteiger partial charge is 0.239 e. The van der Waals surface area contributed by atoms with Crippen LogP contribution in [0.2, 0.25) is 0 Å². The van der Waals surface area contributed by atoms with Gasteiger partial charge in [0.25, 0.3) is 0 Å². The molecule has 1 aromatic heterocycles. The molecule has 1 saturated heterocycles. The minimum absolute atomic E-state index is 0.00933. The Morgan fingerprint density at radius 2 is 2.35 bits per heavy atom. The molecule has 6 nitrogen and oxygen atoms in total. The predicted octanol–water partition coefficient (Wildman–Crippen LogP) is 1.07. The van der Waals surface area contributed by atoms with Gasteiger partial charge in [-0.05, 0) is 26.2 Å². The molecule has 1 aliphatic rings. The van der Waals surface area contributed by atoms with E-state index in [2.05, 4.69) is 22.2 Å². The van der Waals surface area contributed by atoms with E-state index < -0.39 is 0 Å². The van der Waals surface area contributed by atoms with Crippen LogP contribution in [0.25, 0.3) is 0 Å². The number of hydrogen-bond donors (Lipinski definition) is 2. The van der Waals surface area contributed by atoms with Crippen molar-refractivity contribution in [2.24, 2.45) is 11.7 Å². The molecule has 112 valence electrons. The van der Waals surface area contributed by atoms with Crippen molar-refractivity contribution in [2.45, 2.75) is 39.3 Å². The van der Waals surface area contributed by atoms with Crippen LogP contribution in [0, 0.1) is 5.92 Å². The van der Waals surface area contributed by atoms with Gasteiger partial charge in [-0.3, -0.25) is 9.69 Å². The highest BCUT2D eigenvalue weighted by Crippen LogP contribution is 2.16. The lowest BCUT2D eigenvalue weighted by molar-refractivity contribution is -0.117. The normalized spacial score (nSPS) is 24.1. The summed E-state index contributed by atoms with van der Waals surface area (Å²) < 4.78 is 1.81. The molecule has 1 fully saturated rings. The average molecular weight is 279 g/mol. The molecule has 2 unspecified atom stereocenters. The summed E-state index contributed by atoms with van der Waals surface area (Å²) in [5.41, 5.74) is 6.00. The monoisotopic (exact) mass is 279 g/mol. The second-order valence-electron chi connectivity index (χ2n) is 5.97. The lowest BCUT2D eigenvalue weighted by atomic mass is 9.95. The zero-order valence-electron chi connectivity index (χ0n) is 12.5. The predicted molar refractivity (Wildman–Crippen MR) is 79.4 cm³/mol. The van der Waals surface area contributed by atoms with Crippen LogP contribution < -0.4 is 11.1 Å². The summed E-state index contributed by atoms with van der Waals surface area (Å²) >= 11 is 0. The minimum atomic E-state index is 0.00933. The number of nitrogens with one attached hydrogen (secondary N) is 1. The molecule has 2 rings (SSSR count). The highest BCUT2D eigenvalue weighted by atomic mass is 16.2. The number of nitrogens with two attached hydrogens (primary N) is 1. The number of hydrogen-bond acceptors (Lipinski definition) is 4. The standard InChI is InChI=1S/C14H25N5O/c1-10(2)19-13(4-6-16-19)17-14(20)9-18-7-5-12(15)11(3)8-18/h4,6,10-12H,5,7-9,15H2,1-3H3,(H,17,20). The van der Waals surface area contributed by atoms with Crippen LogP contribution in [0.4, 0.5) is 5.82 Å². The quantitative estimate of drug-likeness (QED) is 0.864. The van der Waals surface area contributed by atoms with Gasteiger partial charge in [0, 0.05) is 31.2 Å². The third kappa shape index (κ3) is 3.58. The summed E-state index contributed by atoms with van der Waals surface area (Å²) in [5.74, 6) is 1.21. The van der Waals surface area contributed by atoms with Gasteiger partial charge in [-0.2, -0.15) is 5.10 Å². The Kier molecular flexibility index (Phi) is 4.77. The average Bonchev–Trinajstić information content (AvgIpc) is 2.82. The summed E-state index contributed by atoms with van der Waals surface area (Å²) in [7, 11) is 0. The Labute approximate surface area is 120 Å². The van der Waals surface area contributed by atoms with Crippen LogP contribution in [0.3, 0.4) is 0 Å². The van der Waals surface area contributed by atoms with Crippen LogP contribution in [0.1, 0.15) is 33.2 Å². The topological polar surface area (TPSA) is 76.2 Å². The summed E-state index contributed by atoms with van der Waals surface area (Å²) in [5, 5.41) is 7.14. The highest BCUT2D eigenvalue weighted by Gasteiger charge is 2.24. The van der Waals surface area contributed by atoms with E-state index in [1.165, 1.54) is 0 Å². The van der Waals surface area contributed by atoms with Gasteiger partial charge in [0.15, 0.2) is 0 Å². The SMILES string of the molecule is CC1CN(CC(=O)Nc2ccnn2C(C)C)CCC1N.